The van der Waals surface area contributed by atoms with Crippen LogP contribution in [0, 0.1) is 0 Å². The minimum absolute atomic E-state index is 0.257. The van der Waals surface area contributed by atoms with Gasteiger partial charge < -0.3 is 9.47 Å². The molecule has 0 saturated carbocycles. The summed E-state index contributed by atoms with van der Waals surface area (Å²) in [5.74, 6) is 0.226. The monoisotopic (exact) mass is 433 g/mol. The molecule has 8 heteroatoms. The van der Waals surface area contributed by atoms with Crippen LogP contribution in [0.5, 0.6) is 11.5 Å². The smallest absolute Gasteiger partial charge is 0.486 e. The van der Waals surface area contributed by atoms with Gasteiger partial charge in [-0.15, -0.1) is 9.05 Å². The highest BCUT2D eigenvalue weighted by atomic mass is 31.1. The number of ketones is 2. The molecule has 2 aromatic rings. The van der Waals surface area contributed by atoms with Gasteiger partial charge in [-0.3, -0.25) is 9.59 Å². The molecular weight excluding hydrogens is 407 g/mol. The number of hydrogen-bond donors (Lipinski definition) is 0. The summed E-state index contributed by atoms with van der Waals surface area (Å²) in [4.78, 5) is 24.8. The molecule has 0 N–H and O–H groups in total. The third kappa shape index (κ3) is 7.34. The van der Waals surface area contributed by atoms with E-state index >= 15 is 0 Å². The lowest BCUT2D eigenvalue weighted by Gasteiger charge is -2.19. The van der Waals surface area contributed by atoms with Crippen LogP contribution in [-0.2, 0) is 23.2 Å². The van der Waals surface area contributed by atoms with E-state index in [2.05, 4.69) is 0 Å². The van der Waals surface area contributed by atoms with E-state index in [0.717, 1.165) is 0 Å². The van der Waals surface area contributed by atoms with Crippen molar-refractivity contribution < 1.29 is 32.7 Å². The molecule has 0 atom stereocenters. The fourth-order valence-electron chi connectivity index (χ4n) is 2.17. The summed E-state index contributed by atoms with van der Waals surface area (Å²) in [6, 6.07) is 17.7. The largest absolute Gasteiger partial charge is 0.699 e. The molecule has 0 amide bonds. The number of ether oxygens (including phenoxy) is 2. The average molecular weight is 433 g/mol. The fourth-order valence-corrected chi connectivity index (χ4v) is 3.16. The van der Waals surface area contributed by atoms with E-state index in [-0.39, 0.29) is 13.2 Å². The molecule has 0 aliphatic carbocycles. The molecule has 0 aliphatic heterocycles. The number of hydrogen-bond acceptors (Lipinski definition) is 7. The highest BCUT2D eigenvalue weighted by Gasteiger charge is 2.46. The summed E-state index contributed by atoms with van der Waals surface area (Å²) >= 11 is 0. The second-order valence-corrected chi connectivity index (χ2v) is 8.29. The van der Waals surface area contributed by atoms with Crippen molar-refractivity contribution >= 4 is 19.8 Å². The van der Waals surface area contributed by atoms with Crippen LogP contribution < -0.4 is 9.47 Å². The maximum atomic E-state index is 12.4. The van der Waals surface area contributed by atoms with Gasteiger partial charge in [-0.2, -0.15) is 0 Å². The maximum absolute atomic E-state index is 12.4. The van der Waals surface area contributed by atoms with Crippen molar-refractivity contribution in [2.45, 2.75) is 38.9 Å². The zero-order valence-corrected chi connectivity index (χ0v) is 18.4. The molecule has 160 valence electrons. The van der Waals surface area contributed by atoms with Crippen LogP contribution in [0.25, 0.3) is 0 Å². The van der Waals surface area contributed by atoms with E-state index in [1.54, 1.807) is 48.5 Å². The Morgan fingerprint density at radius 3 is 1.37 bits per heavy atom. The van der Waals surface area contributed by atoms with Gasteiger partial charge in [0.1, 0.15) is 24.7 Å². The summed E-state index contributed by atoms with van der Waals surface area (Å²) < 4.78 is 33.8. The first-order chi connectivity index (χ1) is 14.1. The Labute approximate surface area is 177 Å². The molecular formula is C22H26O7P+. The Balaban J connectivity index is 1.85. The fraction of sp³-hybridized carbons (Fsp3) is 0.364. The second kappa shape index (κ2) is 10.4. The molecule has 2 rings (SSSR count). The third-order valence-corrected chi connectivity index (χ3v) is 5.39. The zero-order valence-electron chi connectivity index (χ0n) is 17.5. The minimum Gasteiger partial charge on any atom is -0.486 e. The molecule has 0 bridgehead atoms. The number of carbonyl (C=O) groups is 2. The Bertz CT molecular complexity index is 792. The Kier molecular flexibility index (Phi) is 8.24. The van der Waals surface area contributed by atoms with Gasteiger partial charge in [-0.05, 0) is 52.0 Å². The third-order valence-electron chi connectivity index (χ3n) is 4.17. The molecule has 0 fully saturated rings. The maximum Gasteiger partial charge on any atom is 0.699 e. The molecule has 0 aliphatic rings. The van der Waals surface area contributed by atoms with Crippen LogP contribution in [0.1, 0.15) is 27.7 Å². The molecule has 0 radical (unpaired) electrons. The number of para-hydroxylation sites is 2. The molecule has 0 spiro atoms. The molecule has 2 aromatic carbocycles. The van der Waals surface area contributed by atoms with Crippen LogP contribution in [0.4, 0.5) is 0 Å². The van der Waals surface area contributed by atoms with Gasteiger partial charge in [-0.25, -0.2) is 0 Å². The van der Waals surface area contributed by atoms with Crippen LogP contribution in [-0.4, -0.2) is 36.0 Å². The van der Waals surface area contributed by atoms with Gasteiger partial charge in [-0.1, -0.05) is 36.4 Å². The van der Waals surface area contributed by atoms with Gasteiger partial charge >= 0.3 is 8.25 Å². The summed E-state index contributed by atoms with van der Waals surface area (Å²) in [7, 11) is -2.75. The van der Waals surface area contributed by atoms with Crippen molar-refractivity contribution in [2.75, 3.05) is 13.2 Å². The van der Waals surface area contributed by atoms with Gasteiger partial charge in [0.25, 0.3) is 0 Å². The van der Waals surface area contributed by atoms with Crippen molar-refractivity contribution in [3.05, 3.63) is 60.7 Å². The van der Waals surface area contributed by atoms with E-state index in [1.165, 1.54) is 27.7 Å². The molecule has 30 heavy (non-hydrogen) atoms. The Morgan fingerprint density at radius 1 is 0.700 bits per heavy atom. The predicted octanol–water partition coefficient (Wildman–Crippen LogP) is 4.53. The van der Waals surface area contributed by atoms with E-state index in [9.17, 15) is 14.2 Å². The van der Waals surface area contributed by atoms with Crippen molar-refractivity contribution in [1.29, 1.82) is 0 Å². The van der Waals surface area contributed by atoms with Crippen LogP contribution in [0.15, 0.2) is 60.7 Å². The van der Waals surface area contributed by atoms with Gasteiger partial charge in [0, 0.05) is 4.57 Å². The molecule has 0 saturated heterocycles. The summed E-state index contributed by atoms with van der Waals surface area (Å²) in [5, 5.41) is 0. The SMILES string of the molecule is CC(C)(O[P+](=O)OC(C)(C)C(=O)COc1ccccc1)C(=O)COc1ccccc1. The molecule has 0 heterocycles. The minimum atomic E-state index is -2.75. The van der Waals surface area contributed by atoms with Crippen molar-refractivity contribution in [2.24, 2.45) is 0 Å². The lowest BCUT2D eigenvalue weighted by Crippen LogP contribution is -2.39. The van der Waals surface area contributed by atoms with E-state index in [4.69, 9.17) is 18.5 Å². The first-order valence-corrected chi connectivity index (χ1v) is 10.5. The Morgan fingerprint density at radius 2 is 1.03 bits per heavy atom. The molecule has 0 unspecified atom stereocenters. The summed E-state index contributed by atoms with van der Waals surface area (Å²) in [6.45, 7) is 5.35. The van der Waals surface area contributed by atoms with Crippen molar-refractivity contribution in [3.63, 3.8) is 0 Å². The van der Waals surface area contributed by atoms with Gasteiger partial charge in [0.15, 0.2) is 11.2 Å². The quantitative estimate of drug-likeness (QED) is 0.455. The Hall–Kier alpha value is -2.60. The van der Waals surface area contributed by atoms with Crippen LogP contribution >= 0.6 is 8.25 Å². The van der Waals surface area contributed by atoms with E-state index in [0.29, 0.717) is 11.5 Å². The van der Waals surface area contributed by atoms with E-state index < -0.39 is 31.0 Å². The second-order valence-electron chi connectivity index (χ2n) is 7.48. The normalized spacial score (nSPS) is 11.6. The van der Waals surface area contributed by atoms with Crippen LogP contribution in [0.3, 0.4) is 0 Å². The first kappa shape index (κ1) is 23.7. The number of rotatable bonds is 12. The van der Waals surface area contributed by atoms with Gasteiger partial charge in [0.2, 0.25) is 11.6 Å². The lowest BCUT2D eigenvalue weighted by molar-refractivity contribution is -0.137. The summed E-state index contributed by atoms with van der Waals surface area (Å²) in [5.41, 5.74) is -2.86. The van der Waals surface area contributed by atoms with Crippen LogP contribution in [0.2, 0.25) is 0 Å². The van der Waals surface area contributed by atoms with E-state index in [1.807, 2.05) is 12.1 Å². The summed E-state index contributed by atoms with van der Waals surface area (Å²) in [6.07, 6.45) is 0. The molecule has 0 aromatic heterocycles. The first-order valence-electron chi connectivity index (χ1n) is 9.38. The number of Topliss-reactive ketones (excluding diaryl/α,β-unsaturated/α-hetero) is 2. The van der Waals surface area contributed by atoms with Crippen molar-refractivity contribution in [1.82, 2.24) is 0 Å². The highest BCUT2D eigenvalue weighted by molar-refractivity contribution is 7.33. The predicted molar refractivity (Wildman–Crippen MR) is 112 cm³/mol. The zero-order chi connectivity index (χ0) is 22.2. The number of benzene rings is 2. The topological polar surface area (TPSA) is 88.1 Å². The highest BCUT2D eigenvalue weighted by Crippen LogP contribution is 2.37. The average Bonchev–Trinajstić information content (AvgIpc) is 2.70. The molecule has 7 nitrogen and oxygen atoms in total. The van der Waals surface area contributed by atoms with Crippen molar-refractivity contribution in [3.8, 4) is 11.5 Å². The van der Waals surface area contributed by atoms with Gasteiger partial charge in [0.05, 0.1) is 0 Å². The number of carbonyl (C=O) groups excluding carboxylic acids is 2. The lowest BCUT2D eigenvalue weighted by atomic mass is 10.1. The standard InChI is InChI=1S/C22H26O7P/c1-21(2,19(23)15-26-17-11-7-5-8-12-17)28-30(25)29-22(3,4)20(24)16-27-18-13-9-6-10-14-18/h5-14H,15-16H2,1-4H3/q+1.